The predicted octanol–water partition coefficient (Wildman–Crippen LogP) is 16.0. The smallest absolute Gasteiger partial charge is 0.250 e. The van der Waals surface area contributed by atoms with E-state index in [2.05, 4.69) is 85.5 Å². The number of carbonyl (C=O) groups is 4. The van der Waals surface area contributed by atoms with E-state index < -0.39 is 24.4 Å². The summed E-state index contributed by atoms with van der Waals surface area (Å²) in [6.45, 7) is 25.4. The molecule has 0 bridgehead atoms. The topological polar surface area (TPSA) is 334 Å². The zero-order valence-corrected chi connectivity index (χ0v) is 75.3. The summed E-state index contributed by atoms with van der Waals surface area (Å²) in [4.78, 5) is 48.8. The van der Waals surface area contributed by atoms with Crippen LogP contribution in [-0.4, -0.2) is 198 Å². The van der Waals surface area contributed by atoms with Crippen LogP contribution in [0.3, 0.4) is 0 Å². The summed E-state index contributed by atoms with van der Waals surface area (Å²) in [5, 5.41) is 57.9. The zero-order valence-electron chi connectivity index (χ0n) is 75.3. The van der Waals surface area contributed by atoms with E-state index in [1.807, 2.05) is 54.6 Å². The SMILES string of the molecule is C=C(C)C(=O)Cc1ccc(OCC(O)COc2ccc3ccc(OCC(O)COc4ccc(CC(=O)C(=C)C)cc4)c(Cc4c(OCC(O)COc5ccc(NC(=O)C(=C)C)cc5)ccc5ccc(OCC(O)COc6ccc(NC(=O)C(=C)C)cc6)cc45)c3c2)cc1.c1cc2ccc(OCC3CO3)c(Cc3c(OCC4CO4)ccc4ccc(OCC5CO5)cc34)c2cc1OCC1CO1. The number of epoxide rings is 4. The molecule has 16 rings (SSSR count). The molecule has 4 saturated heterocycles. The molecule has 0 spiro atoms. The minimum Gasteiger partial charge on any atom is -0.491 e. The van der Waals surface area contributed by atoms with Crippen molar-refractivity contribution >= 4 is 77.8 Å². The number of rotatable bonds is 50. The Morgan fingerprint density at radius 3 is 0.784 bits per heavy atom. The molecule has 4 aliphatic heterocycles. The van der Waals surface area contributed by atoms with Gasteiger partial charge in [-0.3, -0.25) is 19.2 Å². The van der Waals surface area contributed by atoms with Crippen LogP contribution >= 0.6 is 0 Å². The molecule has 12 aromatic rings. The Hall–Kier alpha value is -13.8. The van der Waals surface area contributed by atoms with Crippen molar-refractivity contribution in [2.45, 2.75) is 102 Å². The van der Waals surface area contributed by atoms with Crippen LogP contribution in [0.15, 0.2) is 267 Å². The van der Waals surface area contributed by atoms with Crippen LogP contribution in [-0.2, 0) is 63.8 Å². The first kappa shape index (κ1) is 94.8. The maximum atomic E-state index is 12.3. The first-order chi connectivity index (χ1) is 64.9. The molecular weight excluding hydrogens is 1710 g/mol. The maximum Gasteiger partial charge on any atom is 0.250 e. The van der Waals surface area contributed by atoms with Gasteiger partial charge in [-0.15, -0.1) is 0 Å². The van der Waals surface area contributed by atoms with Crippen LogP contribution in [0.5, 0.6) is 69.0 Å². The van der Waals surface area contributed by atoms with E-state index in [9.17, 15) is 39.6 Å². The van der Waals surface area contributed by atoms with Gasteiger partial charge in [0.1, 0.15) is 197 Å². The van der Waals surface area contributed by atoms with Crippen LogP contribution in [0, 0.1) is 0 Å². The summed E-state index contributed by atoms with van der Waals surface area (Å²) in [6, 6.07) is 66.6. The standard InChI is InChI=1S/C75H78N2O16.C33H32O8/c1-46(2)70(82)33-50-9-21-60(22-10-50)86-38-56(78)42-90-64-25-13-52-15-31-72(92-44-58(80)40-87-61-23-11-51(12-24-61)34-71(83)47(3)4)68(66(52)35-64)37-69-67-36-65(91-43-57(79)39-88-62-27-17-54(18-28-62)76-74(84)48(5)6)26-14-53(67)16-32-73(69)93-45-59(81)41-89-63-29-19-55(20-30-63)77-75(85)49(7)8;1-5-22(34-12-24-14-36-24)9-28-20(1)3-7-32(40-18-26-16-38-26)30(28)11-31-29-10-23(35-13-25-15-37-25)6-2-21(29)4-8-33(31)41-19-27-17-39-27/h9-32,35-36,56-59,78-81H,1,3,5,7,33-34,37-45H2,2,4,6,8H3,(H,76,84)(H,77,85);1-10,24-27H,11-19H2. The average Bonchev–Trinajstić information content (AvgIpc) is 1.54. The molecular formula is C108H110N2O24. The van der Waals surface area contributed by atoms with Gasteiger partial charge in [0.05, 0.1) is 26.4 Å². The summed E-state index contributed by atoms with van der Waals surface area (Å²) < 4.78 is 95.6. The van der Waals surface area contributed by atoms with Gasteiger partial charge in [-0.2, -0.15) is 0 Å². The van der Waals surface area contributed by atoms with Gasteiger partial charge in [0.15, 0.2) is 11.6 Å². The third kappa shape index (κ3) is 27.7. The normalized spacial score (nSPS) is 15.8. The molecule has 12 aromatic carbocycles. The first-order valence-electron chi connectivity index (χ1n) is 44.5. The van der Waals surface area contributed by atoms with Crippen molar-refractivity contribution in [1.29, 1.82) is 0 Å². The number of nitrogens with one attached hydrogen (secondary N) is 2. The molecule has 26 heteroatoms. The second-order valence-electron chi connectivity index (χ2n) is 33.8. The average molecular weight is 1820 g/mol. The lowest BCUT2D eigenvalue weighted by Crippen LogP contribution is -2.25. The summed E-state index contributed by atoms with van der Waals surface area (Å²) in [5.74, 6) is 6.08. The molecule has 4 aliphatic rings. The Labute approximate surface area is 777 Å². The number of allylic oxidation sites excluding steroid dienone is 2. The Morgan fingerprint density at radius 1 is 0.299 bits per heavy atom. The summed E-state index contributed by atoms with van der Waals surface area (Å²) in [6.07, 6.45) is -2.51. The highest BCUT2D eigenvalue weighted by molar-refractivity contribution is 6.04. The molecule has 4 heterocycles. The Kier molecular flexibility index (Phi) is 31.9. The minimum atomic E-state index is -1.12. The number of aliphatic hydroxyl groups is 4. The van der Waals surface area contributed by atoms with Crippen molar-refractivity contribution < 1.29 is 115 Å². The summed E-state index contributed by atoms with van der Waals surface area (Å²) in [7, 11) is 0. The zero-order chi connectivity index (χ0) is 93.7. The van der Waals surface area contributed by atoms with Crippen molar-refractivity contribution in [3.63, 3.8) is 0 Å². The molecule has 8 atom stereocenters. The van der Waals surface area contributed by atoms with Gasteiger partial charge >= 0.3 is 0 Å². The number of anilines is 2. The fraction of sp³-hybridized carbons (Fsp3) is 0.296. The lowest BCUT2D eigenvalue weighted by atomic mass is 9.93. The van der Waals surface area contributed by atoms with E-state index in [4.69, 9.17) is 75.8 Å². The number of carbonyl (C=O) groups excluding carboxylic acids is 4. The predicted molar refractivity (Wildman–Crippen MR) is 510 cm³/mol. The minimum absolute atomic E-state index is 0.0577. The molecule has 8 unspecified atom stereocenters. The van der Waals surface area contributed by atoms with E-state index in [0.717, 1.165) is 104 Å². The van der Waals surface area contributed by atoms with Crippen molar-refractivity contribution in [2.24, 2.45) is 0 Å². The van der Waals surface area contributed by atoms with E-state index in [1.165, 1.54) is 0 Å². The van der Waals surface area contributed by atoms with Gasteiger partial charge in [-0.1, -0.05) is 99.1 Å². The van der Waals surface area contributed by atoms with Gasteiger partial charge < -0.3 is 107 Å². The molecule has 2 amide bonds. The van der Waals surface area contributed by atoms with E-state index >= 15 is 0 Å². The summed E-state index contributed by atoms with van der Waals surface area (Å²) in [5.41, 5.74) is 7.83. The number of Topliss-reactive ketones (excluding diaryl/α,β-unsaturated/α-hetero) is 2. The van der Waals surface area contributed by atoms with Crippen molar-refractivity contribution in [3.8, 4) is 69.0 Å². The monoisotopic (exact) mass is 1820 g/mol. The molecule has 0 radical (unpaired) electrons. The van der Waals surface area contributed by atoms with Crippen molar-refractivity contribution in [3.05, 3.63) is 300 Å². The lowest BCUT2D eigenvalue weighted by Gasteiger charge is -2.21. The maximum absolute atomic E-state index is 12.3. The Morgan fingerprint density at radius 2 is 0.522 bits per heavy atom. The van der Waals surface area contributed by atoms with E-state index in [-0.39, 0.29) is 120 Å². The molecule has 6 N–H and O–H groups in total. The highest BCUT2D eigenvalue weighted by Gasteiger charge is 2.30. The molecule has 0 aromatic heterocycles. The molecule has 0 aliphatic carbocycles. The molecule has 696 valence electrons. The van der Waals surface area contributed by atoms with Crippen LogP contribution in [0.2, 0.25) is 0 Å². The number of ether oxygens (including phenoxy) is 16. The third-order valence-electron chi connectivity index (χ3n) is 22.3. The number of hydrogen-bond acceptors (Lipinski definition) is 24. The fourth-order valence-electron chi connectivity index (χ4n) is 14.3. The quantitative estimate of drug-likeness (QED) is 0.0152. The number of amides is 2. The Balaban J connectivity index is 0.000000273. The fourth-order valence-corrected chi connectivity index (χ4v) is 14.3. The second-order valence-corrected chi connectivity index (χ2v) is 33.8. The van der Waals surface area contributed by atoms with Gasteiger partial charge in [0.25, 0.3) is 11.8 Å². The molecule has 134 heavy (non-hydrogen) atoms. The van der Waals surface area contributed by atoms with E-state index in [1.54, 1.807) is 143 Å². The van der Waals surface area contributed by atoms with Crippen LogP contribution in [0.4, 0.5) is 11.4 Å². The summed E-state index contributed by atoms with van der Waals surface area (Å²) >= 11 is 0. The third-order valence-corrected chi connectivity index (χ3v) is 22.3. The molecule has 4 fully saturated rings. The largest absolute Gasteiger partial charge is 0.491 e. The van der Waals surface area contributed by atoms with Crippen LogP contribution < -0.4 is 67.5 Å². The first-order valence-corrected chi connectivity index (χ1v) is 44.5. The highest BCUT2D eigenvalue weighted by Crippen LogP contribution is 2.43. The molecule has 0 saturated carbocycles. The number of fused-ring (bicyclic) bond motifs is 4. The van der Waals surface area contributed by atoms with Gasteiger partial charge in [-0.05, 0) is 239 Å². The van der Waals surface area contributed by atoms with E-state index in [0.29, 0.717) is 134 Å². The lowest BCUT2D eigenvalue weighted by molar-refractivity contribution is -0.115. The van der Waals surface area contributed by atoms with Gasteiger partial charge in [0, 0.05) is 70.5 Å². The van der Waals surface area contributed by atoms with Gasteiger partial charge in [0.2, 0.25) is 0 Å². The number of aliphatic hydroxyl groups excluding tert-OH is 4. The van der Waals surface area contributed by atoms with Crippen molar-refractivity contribution in [1.82, 2.24) is 0 Å². The molecule has 26 nitrogen and oxygen atoms in total. The second kappa shape index (κ2) is 45.1. The number of ketones is 2. The van der Waals surface area contributed by atoms with Crippen LogP contribution in [0.1, 0.15) is 61.1 Å². The highest BCUT2D eigenvalue weighted by atomic mass is 16.6. The van der Waals surface area contributed by atoms with Gasteiger partial charge in [-0.25, -0.2) is 0 Å². The Bertz CT molecular complexity index is 5810. The number of benzene rings is 12. The van der Waals surface area contributed by atoms with Crippen LogP contribution in [0.25, 0.3) is 43.1 Å². The van der Waals surface area contributed by atoms with Crippen molar-refractivity contribution in [2.75, 3.05) is 116 Å². The number of hydrogen-bond donors (Lipinski definition) is 6.